The maximum atomic E-state index is 9.39. The Hall–Kier alpha value is -0.870. The van der Waals surface area contributed by atoms with Crippen molar-refractivity contribution in [2.24, 2.45) is 0 Å². The van der Waals surface area contributed by atoms with Gasteiger partial charge in [-0.3, -0.25) is 0 Å². The van der Waals surface area contributed by atoms with Gasteiger partial charge in [0.1, 0.15) is 0 Å². The number of benzene rings is 1. The fraction of sp³-hybridized carbons (Fsp3) is 0.286. The first-order valence-electron chi connectivity index (χ1n) is 5.82. The predicted octanol–water partition coefficient (Wildman–Crippen LogP) is 3.53. The maximum absolute atomic E-state index is 9.39. The van der Waals surface area contributed by atoms with Crippen LogP contribution in [0.25, 0.3) is 0 Å². The monoisotopic (exact) mass is 281 g/mol. The number of hydrogen-bond acceptors (Lipinski definition) is 3. The van der Waals surface area contributed by atoms with E-state index in [0.29, 0.717) is 6.54 Å². The lowest BCUT2D eigenvalue weighted by atomic mass is 10.1. The second-order valence-corrected chi connectivity index (χ2v) is 5.44. The van der Waals surface area contributed by atoms with Crippen LogP contribution in [0.5, 0.6) is 0 Å². The van der Waals surface area contributed by atoms with Gasteiger partial charge in [0.25, 0.3) is 0 Å². The molecule has 0 aliphatic rings. The molecule has 4 heteroatoms. The number of hydrogen-bond donors (Lipinski definition) is 2. The van der Waals surface area contributed by atoms with Crippen molar-refractivity contribution in [1.29, 1.82) is 0 Å². The van der Waals surface area contributed by atoms with Crippen LogP contribution >= 0.6 is 22.9 Å². The highest BCUT2D eigenvalue weighted by Crippen LogP contribution is 2.19. The molecule has 0 fully saturated rings. The summed E-state index contributed by atoms with van der Waals surface area (Å²) in [6, 6.07) is 8.04. The zero-order chi connectivity index (χ0) is 13.0. The largest absolute Gasteiger partial charge is 0.394 e. The van der Waals surface area contributed by atoms with Crippen LogP contribution < -0.4 is 5.32 Å². The topological polar surface area (TPSA) is 32.3 Å². The van der Waals surface area contributed by atoms with Gasteiger partial charge >= 0.3 is 0 Å². The number of aliphatic hydroxyl groups excluding tert-OH is 1. The van der Waals surface area contributed by atoms with E-state index in [4.69, 9.17) is 11.6 Å². The number of aryl methyl sites for hydroxylation is 1. The minimum atomic E-state index is -0.0173. The molecule has 0 bridgehead atoms. The van der Waals surface area contributed by atoms with Gasteiger partial charge in [0, 0.05) is 11.6 Å². The quantitative estimate of drug-likeness (QED) is 0.879. The number of halogens is 1. The Bertz CT molecular complexity index is 499. The molecule has 0 aliphatic carbocycles. The van der Waals surface area contributed by atoms with Crippen molar-refractivity contribution < 1.29 is 5.11 Å². The summed E-state index contributed by atoms with van der Waals surface area (Å²) >= 11 is 7.72. The van der Waals surface area contributed by atoms with Gasteiger partial charge in [-0.2, -0.15) is 11.3 Å². The molecule has 96 valence electrons. The second-order valence-electron chi connectivity index (χ2n) is 4.26. The van der Waals surface area contributed by atoms with Crippen LogP contribution in [0, 0.1) is 6.92 Å². The van der Waals surface area contributed by atoms with Crippen molar-refractivity contribution in [3.05, 3.63) is 56.7 Å². The first-order valence-corrected chi connectivity index (χ1v) is 7.14. The minimum Gasteiger partial charge on any atom is -0.394 e. The highest BCUT2D eigenvalue weighted by atomic mass is 35.5. The van der Waals surface area contributed by atoms with Gasteiger partial charge < -0.3 is 10.4 Å². The number of nitrogens with one attached hydrogen (secondary N) is 1. The normalized spacial score (nSPS) is 12.6. The molecule has 2 rings (SSSR count). The van der Waals surface area contributed by atoms with E-state index in [9.17, 15) is 5.11 Å². The van der Waals surface area contributed by atoms with E-state index in [1.807, 2.05) is 30.5 Å². The molecule has 18 heavy (non-hydrogen) atoms. The highest BCUT2D eigenvalue weighted by Gasteiger charge is 2.10. The molecule has 0 saturated carbocycles. The first-order chi connectivity index (χ1) is 8.70. The lowest BCUT2D eigenvalue weighted by Crippen LogP contribution is -2.23. The molecule has 0 spiro atoms. The average Bonchev–Trinajstić information content (AvgIpc) is 2.88. The lowest BCUT2D eigenvalue weighted by molar-refractivity contribution is 0.244. The third-order valence-corrected chi connectivity index (χ3v) is 4.03. The van der Waals surface area contributed by atoms with Crippen molar-refractivity contribution in [2.75, 3.05) is 6.61 Å². The summed E-state index contributed by atoms with van der Waals surface area (Å²) in [6.07, 6.45) is 0. The SMILES string of the molecule is Cc1ccc(CN[C@@H](CO)c2ccsc2)cc1Cl. The van der Waals surface area contributed by atoms with Crippen molar-refractivity contribution in [3.8, 4) is 0 Å². The molecule has 0 saturated heterocycles. The van der Waals surface area contributed by atoms with Gasteiger partial charge in [-0.1, -0.05) is 23.7 Å². The van der Waals surface area contributed by atoms with E-state index in [2.05, 4.69) is 16.8 Å². The van der Waals surface area contributed by atoms with Crippen molar-refractivity contribution >= 4 is 22.9 Å². The molecular formula is C14H16ClNOS. The Kier molecular flexibility index (Phi) is 4.78. The van der Waals surface area contributed by atoms with Crippen LogP contribution in [-0.4, -0.2) is 11.7 Å². The van der Waals surface area contributed by atoms with Crippen LogP contribution in [0.4, 0.5) is 0 Å². The molecule has 1 heterocycles. The summed E-state index contributed by atoms with van der Waals surface area (Å²) in [4.78, 5) is 0. The zero-order valence-corrected chi connectivity index (χ0v) is 11.8. The number of rotatable bonds is 5. The fourth-order valence-corrected chi connectivity index (χ4v) is 2.67. The third-order valence-electron chi connectivity index (χ3n) is 2.92. The van der Waals surface area contributed by atoms with Gasteiger partial charge in [-0.15, -0.1) is 0 Å². The van der Waals surface area contributed by atoms with Crippen molar-refractivity contribution in [3.63, 3.8) is 0 Å². The van der Waals surface area contributed by atoms with E-state index in [1.165, 1.54) is 0 Å². The van der Waals surface area contributed by atoms with Gasteiger partial charge in [0.2, 0.25) is 0 Å². The van der Waals surface area contributed by atoms with E-state index in [-0.39, 0.29) is 12.6 Å². The van der Waals surface area contributed by atoms with Crippen LogP contribution in [0.1, 0.15) is 22.7 Å². The molecule has 1 atom stereocenters. The Labute approximate surface area is 116 Å². The molecule has 1 aromatic carbocycles. The zero-order valence-electron chi connectivity index (χ0n) is 10.2. The predicted molar refractivity (Wildman–Crippen MR) is 77.2 cm³/mol. The average molecular weight is 282 g/mol. The standard InChI is InChI=1S/C14H16ClNOS/c1-10-2-3-11(6-13(10)15)7-16-14(8-17)12-4-5-18-9-12/h2-6,9,14,16-17H,7-8H2,1H3/t14-/m0/s1. The summed E-state index contributed by atoms with van der Waals surface area (Å²) in [5, 5.41) is 17.6. The third kappa shape index (κ3) is 3.33. The Morgan fingerprint density at radius 1 is 1.39 bits per heavy atom. The molecule has 2 N–H and O–H groups in total. The molecule has 1 aromatic heterocycles. The van der Waals surface area contributed by atoms with E-state index >= 15 is 0 Å². The van der Waals surface area contributed by atoms with Crippen molar-refractivity contribution in [1.82, 2.24) is 5.32 Å². The molecule has 0 aliphatic heterocycles. The van der Waals surface area contributed by atoms with Crippen molar-refractivity contribution in [2.45, 2.75) is 19.5 Å². The fourth-order valence-electron chi connectivity index (χ4n) is 1.75. The lowest BCUT2D eigenvalue weighted by Gasteiger charge is -2.15. The molecular weight excluding hydrogens is 266 g/mol. The van der Waals surface area contributed by atoms with Gasteiger partial charge in [-0.25, -0.2) is 0 Å². The van der Waals surface area contributed by atoms with Crippen LogP contribution in [0.15, 0.2) is 35.0 Å². The number of thiophene rings is 1. The molecule has 0 radical (unpaired) electrons. The molecule has 2 aromatic rings. The summed E-state index contributed by atoms with van der Waals surface area (Å²) in [5.41, 5.74) is 3.33. The van der Waals surface area contributed by atoms with E-state index < -0.39 is 0 Å². The first kappa shape index (κ1) is 13.6. The van der Waals surface area contributed by atoms with E-state index in [1.54, 1.807) is 11.3 Å². The van der Waals surface area contributed by atoms with Crippen LogP contribution in [-0.2, 0) is 6.54 Å². The van der Waals surface area contributed by atoms with Gasteiger partial charge in [-0.05, 0) is 46.5 Å². The summed E-state index contributed by atoms with van der Waals surface area (Å²) < 4.78 is 0. The molecule has 2 nitrogen and oxygen atoms in total. The highest BCUT2D eigenvalue weighted by molar-refractivity contribution is 7.07. The van der Waals surface area contributed by atoms with Gasteiger partial charge in [0.05, 0.1) is 12.6 Å². The maximum Gasteiger partial charge on any atom is 0.0626 e. The number of aliphatic hydroxyl groups is 1. The van der Waals surface area contributed by atoms with Crippen LogP contribution in [0.2, 0.25) is 5.02 Å². The summed E-state index contributed by atoms with van der Waals surface area (Å²) in [6.45, 7) is 2.78. The minimum absolute atomic E-state index is 0.0173. The Morgan fingerprint density at radius 2 is 2.22 bits per heavy atom. The Morgan fingerprint density at radius 3 is 2.83 bits per heavy atom. The Balaban J connectivity index is 1.99. The smallest absolute Gasteiger partial charge is 0.0626 e. The van der Waals surface area contributed by atoms with E-state index in [0.717, 1.165) is 21.7 Å². The molecule has 0 amide bonds. The van der Waals surface area contributed by atoms with Crippen LogP contribution in [0.3, 0.4) is 0 Å². The van der Waals surface area contributed by atoms with Gasteiger partial charge in [0.15, 0.2) is 0 Å². The summed E-state index contributed by atoms with van der Waals surface area (Å²) in [7, 11) is 0. The summed E-state index contributed by atoms with van der Waals surface area (Å²) in [5.74, 6) is 0. The molecule has 0 unspecified atom stereocenters. The second kappa shape index (κ2) is 6.34.